The van der Waals surface area contributed by atoms with Gasteiger partial charge in [0, 0.05) is 11.5 Å². The van der Waals surface area contributed by atoms with Crippen molar-refractivity contribution in [3.8, 4) is 28.4 Å². The van der Waals surface area contributed by atoms with Gasteiger partial charge in [-0.1, -0.05) is 30.3 Å². The van der Waals surface area contributed by atoms with Crippen LogP contribution in [-0.2, 0) is 4.79 Å². The Morgan fingerprint density at radius 3 is 2.25 bits per heavy atom. The second kappa shape index (κ2) is 8.03. The Kier molecular flexibility index (Phi) is 5.31. The van der Waals surface area contributed by atoms with Crippen molar-refractivity contribution in [3.05, 3.63) is 78.6 Å². The zero-order chi connectivity index (χ0) is 19.5. The van der Waals surface area contributed by atoms with Crippen LogP contribution in [0.25, 0.3) is 11.1 Å². The van der Waals surface area contributed by atoms with Crippen molar-refractivity contribution in [2.24, 2.45) is 5.92 Å². The second-order valence-electron chi connectivity index (χ2n) is 6.79. The highest BCUT2D eigenvalue weighted by atomic mass is 35.5. The summed E-state index contributed by atoms with van der Waals surface area (Å²) < 4.78 is 26.0. The average Bonchev–Trinajstić information content (AvgIpc) is 2.67. The van der Waals surface area contributed by atoms with Crippen molar-refractivity contribution in [2.45, 2.75) is 18.9 Å². The van der Waals surface area contributed by atoms with Gasteiger partial charge in [-0.3, -0.25) is 4.79 Å². The van der Waals surface area contributed by atoms with Crippen molar-refractivity contribution in [2.75, 3.05) is 0 Å². The monoisotopic (exact) mass is 396 g/mol. The van der Waals surface area contributed by atoms with Crippen molar-refractivity contribution >= 4 is 16.8 Å². The van der Waals surface area contributed by atoms with Gasteiger partial charge in [0.05, 0.1) is 0 Å². The standard InChI is InChI=1S/C23H18ClFO3/c24-23(26)16-12-20(13-16)28-18-8-6-15(7-9-18)21-14-19(10-11-22(21)25)27-17-4-2-1-3-5-17/h1-11,14,16,20H,12-13H2/t16-,20-. The third kappa shape index (κ3) is 4.18. The highest BCUT2D eigenvalue weighted by Gasteiger charge is 2.35. The van der Waals surface area contributed by atoms with Gasteiger partial charge in [0.25, 0.3) is 0 Å². The van der Waals surface area contributed by atoms with Gasteiger partial charge in [-0.25, -0.2) is 4.39 Å². The van der Waals surface area contributed by atoms with Crippen LogP contribution in [0.5, 0.6) is 17.2 Å². The number of ether oxygens (including phenoxy) is 2. The van der Waals surface area contributed by atoms with Crippen LogP contribution in [0, 0.1) is 11.7 Å². The summed E-state index contributed by atoms with van der Waals surface area (Å²) in [4.78, 5) is 11.1. The molecule has 0 heterocycles. The SMILES string of the molecule is O=C(Cl)[C@H]1C[C@H](Oc2ccc(-c3cc(Oc4ccccc4)ccc3F)cc2)C1. The maximum atomic E-state index is 14.4. The molecule has 1 aliphatic rings. The first-order valence-corrected chi connectivity index (χ1v) is 9.45. The van der Waals surface area contributed by atoms with E-state index in [1.165, 1.54) is 6.07 Å². The van der Waals surface area contributed by atoms with Crippen LogP contribution in [-0.4, -0.2) is 11.3 Å². The number of rotatable bonds is 6. The fraction of sp³-hybridized carbons (Fsp3) is 0.174. The third-order valence-electron chi connectivity index (χ3n) is 4.80. The van der Waals surface area contributed by atoms with Crippen molar-refractivity contribution in [3.63, 3.8) is 0 Å². The van der Waals surface area contributed by atoms with Gasteiger partial charge in [-0.2, -0.15) is 0 Å². The molecule has 0 atom stereocenters. The van der Waals surface area contributed by atoms with E-state index >= 15 is 0 Å². The summed E-state index contributed by atoms with van der Waals surface area (Å²) in [5.41, 5.74) is 1.18. The average molecular weight is 397 g/mol. The fourth-order valence-corrected chi connectivity index (χ4v) is 3.34. The minimum atomic E-state index is -0.323. The Morgan fingerprint density at radius 2 is 1.57 bits per heavy atom. The first-order valence-electron chi connectivity index (χ1n) is 9.07. The molecular weight excluding hydrogens is 379 g/mol. The van der Waals surface area contributed by atoms with Crippen LogP contribution in [0.2, 0.25) is 0 Å². The molecule has 3 aromatic carbocycles. The first-order chi connectivity index (χ1) is 13.6. The number of benzene rings is 3. The maximum absolute atomic E-state index is 14.4. The molecule has 0 aromatic heterocycles. The van der Waals surface area contributed by atoms with Gasteiger partial charge in [0.15, 0.2) is 0 Å². The zero-order valence-electron chi connectivity index (χ0n) is 15.0. The molecule has 0 bridgehead atoms. The highest BCUT2D eigenvalue weighted by Crippen LogP contribution is 2.34. The Morgan fingerprint density at radius 1 is 0.893 bits per heavy atom. The lowest BCUT2D eigenvalue weighted by Gasteiger charge is -2.32. The number of hydrogen-bond acceptors (Lipinski definition) is 3. The molecule has 0 saturated heterocycles. The quantitative estimate of drug-likeness (QED) is 0.465. The van der Waals surface area contributed by atoms with E-state index in [1.807, 2.05) is 42.5 Å². The summed E-state index contributed by atoms with van der Waals surface area (Å²) in [7, 11) is 0. The summed E-state index contributed by atoms with van der Waals surface area (Å²) in [6, 6.07) is 21.3. The molecule has 1 aliphatic carbocycles. The van der Waals surface area contributed by atoms with E-state index in [4.69, 9.17) is 21.1 Å². The van der Waals surface area contributed by atoms with Crippen molar-refractivity contribution in [1.29, 1.82) is 0 Å². The molecule has 142 valence electrons. The Labute approximate surface area is 167 Å². The molecule has 0 radical (unpaired) electrons. The summed E-state index contributed by atoms with van der Waals surface area (Å²) in [6.07, 6.45) is 1.27. The van der Waals surface area contributed by atoms with Crippen LogP contribution in [0.4, 0.5) is 4.39 Å². The van der Waals surface area contributed by atoms with Gasteiger partial charge in [0.1, 0.15) is 29.2 Å². The van der Waals surface area contributed by atoms with Crippen molar-refractivity contribution < 1.29 is 18.7 Å². The maximum Gasteiger partial charge on any atom is 0.225 e. The zero-order valence-corrected chi connectivity index (χ0v) is 15.7. The van der Waals surface area contributed by atoms with E-state index in [0.29, 0.717) is 35.7 Å². The molecule has 0 spiro atoms. The number of hydrogen-bond donors (Lipinski definition) is 0. The van der Waals surface area contributed by atoms with Crippen LogP contribution in [0.1, 0.15) is 12.8 Å². The molecule has 1 fully saturated rings. The number of carbonyl (C=O) groups excluding carboxylic acids is 1. The lowest BCUT2D eigenvalue weighted by atomic mass is 9.83. The van der Waals surface area contributed by atoms with Crippen LogP contribution in [0.3, 0.4) is 0 Å². The molecule has 28 heavy (non-hydrogen) atoms. The van der Waals surface area contributed by atoms with E-state index in [0.717, 1.165) is 5.56 Å². The van der Waals surface area contributed by atoms with Crippen LogP contribution in [0.15, 0.2) is 72.8 Å². The van der Waals surface area contributed by atoms with E-state index in [1.54, 1.807) is 24.3 Å². The molecule has 3 aromatic rings. The van der Waals surface area contributed by atoms with Crippen LogP contribution < -0.4 is 9.47 Å². The molecular formula is C23H18ClFO3. The molecule has 0 N–H and O–H groups in total. The van der Waals surface area contributed by atoms with Gasteiger partial charge >= 0.3 is 0 Å². The summed E-state index contributed by atoms with van der Waals surface area (Å²) >= 11 is 5.47. The minimum Gasteiger partial charge on any atom is -0.490 e. The fourth-order valence-electron chi connectivity index (χ4n) is 3.17. The molecule has 4 rings (SSSR count). The smallest absolute Gasteiger partial charge is 0.225 e. The third-order valence-corrected chi connectivity index (χ3v) is 5.11. The van der Waals surface area contributed by atoms with E-state index in [9.17, 15) is 9.18 Å². The van der Waals surface area contributed by atoms with E-state index < -0.39 is 0 Å². The number of para-hydroxylation sites is 1. The van der Waals surface area contributed by atoms with E-state index in [2.05, 4.69) is 0 Å². The molecule has 0 unspecified atom stereocenters. The van der Waals surface area contributed by atoms with Crippen molar-refractivity contribution in [1.82, 2.24) is 0 Å². The first kappa shape index (κ1) is 18.5. The lowest BCUT2D eigenvalue weighted by Crippen LogP contribution is -2.36. The summed E-state index contributed by atoms with van der Waals surface area (Å²) in [6.45, 7) is 0. The molecule has 0 amide bonds. The van der Waals surface area contributed by atoms with E-state index in [-0.39, 0.29) is 23.1 Å². The lowest BCUT2D eigenvalue weighted by molar-refractivity contribution is -0.120. The normalized spacial score (nSPS) is 18.2. The Balaban J connectivity index is 1.46. The predicted molar refractivity (Wildman–Crippen MR) is 106 cm³/mol. The highest BCUT2D eigenvalue weighted by molar-refractivity contribution is 6.64. The molecule has 0 aliphatic heterocycles. The van der Waals surface area contributed by atoms with Gasteiger partial charge in [-0.15, -0.1) is 0 Å². The summed E-state index contributed by atoms with van der Waals surface area (Å²) in [5, 5.41) is -0.303. The minimum absolute atomic E-state index is 0.00196. The molecule has 1 saturated carbocycles. The molecule has 5 heteroatoms. The Bertz CT molecular complexity index is 967. The topological polar surface area (TPSA) is 35.5 Å². The second-order valence-corrected chi connectivity index (χ2v) is 7.17. The van der Waals surface area contributed by atoms with Crippen LogP contribution >= 0.6 is 11.6 Å². The molecule has 3 nitrogen and oxygen atoms in total. The predicted octanol–water partition coefficient (Wildman–Crippen LogP) is 6.21. The number of carbonyl (C=O) groups is 1. The number of halogens is 2. The Hall–Kier alpha value is -2.85. The summed E-state index contributed by atoms with van der Waals surface area (Å²) in [5.74, 6) is 1.52. The van der Waals surface area contributed by atoms with Gasteiger partial charge < -0.3 is 9.47 Å². The largest absolute Gasteiger partial charge is 0.490 e. The van der Waals surface area contributed by atoms with Gasteiger partial charge in [-0.05, 0) is 72.5 Å². The van der Waals surface area contributed by atoms with Gasteiger partial charge in [0.2, 0.25) is 5.24 Å².